The number of aryl methyl sites for hydroxylation is 1. The fourth-order valence-electron chi connectivity index (χ4n) is 2.73. The first-order valence-electron chi connectivity index (χ1n) is 9.83. The highest BCUT2D eigenvalue weighted by molar-refractivity contribution is 7.92. The number of nitrogens with zero attached hydrogens (tertiary/aromatic N) is 2. The molecule has 1 aromatic carbocycles. The molecule has 0 spiro atoms. The number of carboxylic acid groups (broad SMARTS) is 1. The van der Waals surface area contributed by atoms with E-state index in [1.165, 1.54) is 26.0 Å². The third-order valence-corrected chi connectivity index (χ3v) is 6.18. The van der Waals surface area contributed by atoms with Gasteiger partial charge in [-0.3, -0.25) is 18.9 Å². The summed E-state index contributed by atoms with van der Waals surface area (Å²) in [6.45, 7) is 2.89. The van der Waals surface area contributed by atoms with E-state index in [4.69, 9.17) is 43.5 Å². The van der Waals surface area contributed by atoms with Crippen LogP contribution in [0.2, 0.25) is 5.02 Å². The largest absolute Gasteiger partial charge is 0.490 e. The van der Waals surface area contributed by atoms with E-state index in [1.807, 2.05) is 0 Å². The minimum atomic E-state index is -5.08. The molecule has 1 heterocycles. The highest BCUT2D eigenvalue weighted by Crippen LogP contribution is 2.24. The molecule has 0 saturated heterocycles. The van der Waals surface area contributed by atoms with Crippen molar-refractivity contribution >= 4 is 45.1 Å². The summed E-state index contributed by atoms with van der Waals surface area (Å²) in [5.74, 6) is -4.87. The Labute approximate surface area is 216 Å². The number of alkyl halides is 3. The number of hydrogen-bond acceptors (Lipinski definition) is 7. The number of anilines is 1. The Bertz CT molecular complexity index is 1390. The number of aliphatic carboxylic acids is 1. The molecule has 0 fully saturated rings. The number of halogens is 5. The Balaban J connectivity index is 0.000000905. The van der Waals surface area contributed by atoms with Gasteiger partial charge in [0.2, 0.25) is 11.9 Å². The van der Waals surface area contributed by atoms with Crippen LogP contribution in [-0.2, 0) is 24.4 Å². The van der Waals surface area contributed by atoms with Gasteiger partial charge in [0.25, 0.3) is 15.6 Å². The molecular formula is C19H21ClF4N6O7S. The van der Waals surface area contributed by atoms with Crippen molar-refractivity contribution in [2.24, 2.45) is 22.4 Å². The minimum absolute atomic E-state index is 0.275. The molecular weight excluding hydrogens is 568 g/mol. The van der Waals surface area contributed by atoms with Gasteiger partial charge >= 0.3 is 12.1 Å². The van der Waals surface area contributed by atoms with Gasteiger partial charge in [0.1, 0.15) is 16.4 Å². The molecule has 210 valence electrons. The summed E-state index contributed by atoms with van der Waals surface area (Å²) in [5.41, 5.74) is 14.8. The quantitative estimate of drug-likeness (QED) is 0.128. The summed E-state index contributed by atoms with van der Waals surface area (Å²) in [6, 6.07) is 3.87. The lowest BCUT2D eigenvalue weighted by atomic mass is 10.1. The number of primary amides is 1. The number of aromatic nitrogens is 1. The zero-order valence-electron chi connectivity index (χ0n) is 19.4. The standard InChI is InChI=1S/C17H20ClFN6O5S.C2HF3O2/c1-8-3-5-12(24-31(28,29)13-6-4-10(19)7-11(13)18)16(27)25(8)14(15(20)26)9(2)30-23-17(21)22;3-2(4,5)1(6)7/h3-7,9,14,24H,1-2H3,(H2,20,26)(H4,21,22,23);(H,6,7). The van der Waals surface area contributed by atoms with Crippen molar-refractivity contribution in [3.8, 4) is 0 Å². The maximum absolute atomic E-state index is 13.2. The molecule has 0 radical (unpaired) electrons. The van der Waals surface area contributed by atoms with E-state index in [0.29, 0.717) is 0 Å². The van der Waals surface area contributed by atoms with Gasteiger partial charge in [0, 0.05) is 5.69 Å². The first-order chi connectivity index (χ1) is 17.3. The fourth-order valence-corrected chi connectivity index (χ4v) is 4.32. The Morgan fingerprint density at radius 3 is 2.18 bits per heavy atom. The molecule has 0 saturated carbocycles. The lowest BCUT2D eigenvalue weighted by Crippen LogP contribution is -2.42. The zero-order valence-corrected chi connectivity index (χ0v) is 20.9. The highest BCUT2D eigenvalue weighted by Gasteiger charge is 2.38. The molecule has 38 heavy (non-hydrogen) atoms. The van der Waals surface area contributed by atoms with Gasteiger partial charge < -0.3 is 27.1 Å². The van der Waals surface area contributed by atoms with Crippen molar-refractivity contribution in [3.63, 3.8) is 0 Å². The van der Waals surface area contributed by atoms with Gasteiger partial charge in [-0.1, -0.05) is 11.6 Å². The van der Waals surface area contributed by atoms with Gasteiger partial charge in [-0.05, 0) is 49.3 Å². The van der Waals surface area contributed by atoms with Gasteiger partial charge in [-0.25, -0.2) is 17.6 Å². The number of rotatable bonds is 8. The molecule has 2 rings (SSSR count). The summed E-state index contributed by atoms with van der Waals surface area (Å²) in [6.07, 6.45) is -6.17. The molecule has 0 aliphatic carbocycles. The molecule has 0 aliphatic heterocycles. The summed E-state index contributed by atoms with van der Waals surface area (Å²) in [5, 5.41) is 10.1. The van der Waals surface area contributed by atoms with Crippen molar-refractivity contribution < 1.29 is 45.5 Å². The second kappa shape index (κ2) is 12.5. The molecule has 2 atom stereocenters. The molecule has 13 nitrogen and oxygen atoms in total. The van der Waals surface area contributed by atoms with E-state index in [0.717, 1.165) is 22.8 Å². The summed E-state index contributed by atoms with van der Waals surface area (Å²) in [7, 11) is -4.36. The Hall–Kier alpha value is -4.06. The summed E-state index contributed by atoms with van der Waals surface area (Å²) in [4.78, 5) is 38.5. The number of nitrogens with two attached hydrogens (primary N) is 3. The molecule has 1 aromatic heterocycles. The first kappa shape index (κ1) is 32.0. The Morgan fingerprint density at radius 1 is 1.18 bits per heavy atom. The Kier molecular flexibility index (Phi) is 10.5. The molecule has 0 bridgehead atoms. The van der Waals surface area contributed by atoms with Crippen LogP contribution in [0.3, 0.4) is 0 Å². The van der Waals surface area contributed by atoms with E-state index in [1.54, 1.807) is 0 Å². The molecule has 0 aliphatic rings. The van der Waals surface area contributed by atoms with E-state index in [9.17, 15) is 35.6 Å². The van der Waals surface area contributed by atoms with Crippen LogP contribution in [0.25, 0.3) is 0 Å². The second-order valence-corrected chi connectivity index (χ2v) is 9.28. The number of amides is 1. The predicted octanol–water partition coefficient (Wildman–Crippen LogP) is 1.00. The van der Waals surface area contributed by atoms with Gasteiger partial charge in [0.05, 0.1) is 5.02 Å². The van der Waals surface area contributed by atoms with Gasteiger partial charge in [0.15, 0.2) is 12.1 Å². The predicted molar refractivity (Wildman–Crippen MR) is 126 cm³/mol. The maximum atomic E-state index is 13.2. The highest BCUT2D eigenvalue weighted by atomic mass is 35.5. The number of carboxylic acids is 1. The third kappa shape index (κ3) is 8.51. The van der Waals surface area contributed by atoms with Crippen molar-refractivity contribution in [1.29, 1.82) is 0 Å². The number of guanidine groups is 1. The van der Waals surface area contributed by atoms with E-state index in [2.05, 4.69) is 9.88 Å². The lowest BCUT2D eigenvalue weighted by Gasteiger charge is -2.24. The average molecular weight is 589 g/mol. The van der Waals surface area contributed by atoms with Crippen molar-refractivity contribution in [3.05, 3.63) is 57.2 Å². The van der Waals surface area contributed by atoms with E-state index >= 15 is 0 Å². The van der Waals surface area contributed by atoms with Crippen molar-refractivity contribution in [2.45, 2.75) is 37.1 Å². The number of sulfonamides is 1. The molecule has 2 unspecified atom stereocenters. The monoisotopic (exact) mass is 588 g/mol. The molecule has 2 aromatic rings. The fraction of sp³-hybridized carbons (Fsp3) is 0.263. The smallest absolute Gasteiger partial charge is 0.475 e. The molecule has 1 amide bonds. The van der Waals surface area contributed by atoms with Crippen molar-refractivity contribution in [2.75, 3.05) is 4.72 Å². The number of benzene rings is 1. The van der Waals surface area contributed by atoms with Crippen LogP contribution >= 0.6 is 11.6 Å². The number of oxime groups is 1. The van der Waals surface area contributed by atoms with E-state index < -0.39 is 68.1 Å². The Morgan fingerprint density at radius 2 is 1.74 bits per heavy atom. The minimum Gasteiger partial charge on any atom is -0.475 e. The van der Waals surface area contributed by atoms with Gasteiger partial charge in [-0.15, -0.1) is 0 Å². The summed E-state index contributed by atoms with van der Waals surface area (Å²) >= 11 is 5.82. The third-order valence-electron chi connectivity index (χ3n) is 4.33. The van der Waals surface area contributed by atoms with Crippen LogP contribution in [0.1, 0.15) is 18.7 Å². The average Bonchev–Trinajstić information content (AvgIpc) is 2.76. The topological polar surface area (TPSA) is 222 Å². The van der Waals surface area contributed by atoms with Crippen LogP contribution in [0, 0.1) is 12.7 Å². The molecule has 8 N–H and O–H groups in total. The maximum Gasteiger partial charge on any atom is 0.490 e. The normalized spacial score (nSPS) is 12.8. The number of carbonyl (C=O) groups is 2. The lowest BCUT2D eigenvalue weighted by molar-refractivity contribution is -0.192. The summed E-state index contributed by atoms with van der Waals surface area (Å²) < 4.78 is 73.3. The SMILES string of the molecule is Cc1ccc(NS(=O)(=O)c2ccc(F)cc2Cl)c(=O)n1C(C(N)=O)C(C)ON=C(N)N.O=C(O)C(F)(F)F. The van der Waals surface area contributed by atoms with Crippen LogP contribution in [0.5, 0.6) is 0 Å². The second-order valence-electron chi connectivity index (χ2n) is 7.22. The number of hydrogen-bond donors (Lipinski definition) is 5. The first-order valence-corrected chi connectivity index (χ1v) is 11.7. The zero-order chi connectivity index (χ0) is 29.6. The van der Waals surface area contributed by atoms with Gasteiger partial charge in [-0.2, -0.15) is 13.2 Å². The number of pyridine rings is 1. The van der Waals surface area contributed by atoms with Crippen LogP contribution in [-0.4, -0.2) is 48.2 Å². The number of carbonyl (C=O) groups excluding carboxylic acids is 1. The van der Waals surface area contributed by atoms with Crippen LogP contribution in [0.4, 0.5) is 23.2 Å². The molecule has 19 heteroatoms. The number of nitrogens with one attached hydrogen (secondary N) is 1. The van der Waals surface area contributed by atoms with Crippen LogP contribution in [0.15, 0.2) is 45.2 Å². The van der Waals surface area contributed by atoms with Crippen molar-refractivity contribution in [1.82, 2.24) is 4.57 Å². The van der Waals surface area contributed by atoms with E-state index in [-0.39, 0.29) is 10.7 Å². The van der Waals surface area contributed by atoms with Crippen LogP contribution < -0.4 is 27.5 Å².